The zero-order chi connectivity index (χ0) is 35.4. The van der Waals surface area contributed by atoms with Crippen molar-refractivity contribution in [1.82, 2.24) is 10.2 Å². The topological polar surface area (TPSA) is 86.3 Å². The van der Waals surface area contributed by atoms with Crippen LogP contribution in [0.1, 0.15) is 74.6 Å². The number of amides is 1. The molecule has 2 saturated carbocycles. The lowest BCUT2D eigenvalue weighted by Gasteiger charge is -2.50. The predicted molar refractivity (Wildman–Crippen MR) is 194 cm³/mol. The number of fused-ring (bicyclic) bond motifs is 5. The fraction of sp³-hybridized carbons (Fsp3) is 0.524. The van der Waals surface area contributed by atoms with E-state index in [9.17, 15) is 9.59 Å². The maximum Gasteiger partial charge on any atom is 0.408 e. The number of carbonyl (C=O) groups is 2. The van der Waals surface area contributed by atoms with E-state index < -0.39 is 12.1 Å². The minimum absolute atomic E-state index is 0.138. The van der Waals surface area contributed by atoms with Crippen LogP contribution in [0.5, 0.6) is 11.5 Å². The monoisotopic (exact) mass is 682 g/mol. The molecule has 268 valence electrons. The molecule has 3 aliphatic rings. The Morgan fingerprint density at radius 1 is 0.940 bits per heavy atom. The van der Waals surface area contributed by atoms with E-state index >= 15 is 0 Å². The standard InChI is InChI=1S/C42H54N2O6/c1-27(2)38(43-41(46)49-26-29-15-11-8-12-16-29)40(45)50-39-31(24-44(4)5)21-35-33-18-17-30-22-37(48-25-28-13-9-7-10-14-28)36(47-6)23-34(30)32(33)19-20-42(35,39)3/h7-16,22-23,27,31-33,35,38-39H,17-21,24-26H2,1-6H3,(H,43,46)/t31-,32-,33+,35-,38+,39-,42-/m0/s1. The molecule has 7 atom stereocenters. The third-order valence-corrected chi connectivity index (χ3v) is 11.6. The van der Waals surface area contributed by atoms with Gasteiger partial charge in [0, 0.05) is 17.9 Å². The van der Waals surface area contributed by atoms with Crippen molar-refractivity contribution < 1.29 is 28.5 Å². The van der Waals surface area contributed by atoms with Gasteiger partial charge < -0.3 is 29.2 Å². The number of hydrogen-bond acceptors (Lipinski definition) is 7. The molecule has 0 bridgehead atoms. The number of rotatable bonds is 12. The Balaban J connectivity index is 1.18. The Hall–Kier alpha value is -4.04. The van der Waals surface area contributed by atoms with Crippen LogP contribution in [0.15, 0.2) is 72.8 Å². The van der Waals surface area contributed by atoms with Crippen molar-refractivity contribution in [2.75, 3.05) is 27.7 Å². The molecule has 6 rings (SSSR count). The Labute approximate surface area is 297 Å². The number of benzene rings is 3. The van der Waals surface area contributed by atoms with Crippen LogP contribution < -0.4 is 14.8 Å². The molecule has 1 N–H and O–H groups in total. The Bertz CT molecular complexity index is 1610. The summed E-state index contributed by atoms with van der Waals surface area (Å²) < 4.78 is 24.2. The maximum absolute atomic E-state index is 14.0. The summed E-state index contributed by atoms with van der Waals surface area (Å²) in [4.78, 5) is 29.0. The molecule has 0 saturated heterocycles. The van der Waals surface area contributed by atoms with Crippen molar-refractivity contribution in [3.05, 3.63) is 95.1 Å². The largest absolute Gasteiger partial charge is 0.493 e. The third-order valence-electron chi connectivity index (χ3n) is 11.6. The zero-order valence-electron chi connectivity index (χ0n) is 30.5. The highest BCUT2D eigenvalue weighted by molar-refractivity contribution is 5.81. The van der Waals surface area contributed by atoms with Gasteiger partial charge in [0.25, 0.3) is 0 Å². The van der Waals surface area contributed by atoms with Gasteiger partial charge in [-0.3, -0.25) is 0 Å². The first-order valence-electron chi connectivity index (χ1n) is 18.3. The molecular weight excluding hydrogens is 628 g/mol. The van der Waals surface area contributed by atoms with E-state index in [0.717, 1.165) is 61.3 Å². The Morgan fingerprint density at radius 2 is 1.62 bits per heavy atom. The second-order valence-corrected chi connectivity index (χ2v) is 15.5. The van der Waals surface area contributed by atoms with Gasteiger partial charge in [0.15, 0.2) is 11.5 Å². The average Bonchev–Trinajstić information content (AvgIpc) is 3.38. The van der Waals surface area contributed by atoms with Gasteiger partial charge in [-0.25, -0.2) is 9.59 Å². The van der Waals surface area contributed by atoms with E-state index in [1.54, 1.807) is 7.11 Å². The van der Waals surface area contributed by atoms with Crippen LogP contribution in [0.25, 0.3) is 0 Å². The van der Waals surface area contributed by atoms with Crippen LogP contribution in [0.3, 0.4) is 0 Å². The van der Waals surface area contributed by atoms with Gasteiger partial charge in [-0.05, 0) is 104 Å². The molecule has 8 heteroatoms. The molecule has 0 spiro atoms. The van der Waals surface area contributed by atoms with E-state index in [1.165, 1.54) is 11.1 Å². The molecular formula is C42H54N2O6. The number of carbonyl (C=O) groups excluding carboxylic acids is 2. The van der Waals surface area contributed by atoms with E-state index in [2.05, 4.69) is 55.5 Å². The van der Waals surface area contributed by atoms with E-state index in [-0.39, 0.29) is 35.9 Å². The molecule has 0 heterocycles. The first kappa shape index (κ1) is 35.8. The minimum atomic E-state index is -0.801. The number of hydrogen-bond donors (Lipinski definition) is 1. The van der Waals surface area contributed by atoms with Crippen molar-refractivity contribution in [3.63, 3.8) is 0 Å². The molecule has 8 nitrogen and oxygen atoms in total. The quantitative estimate of drug-likeness (QED) is 0.195. The molecule has 2 fully saturated rings. The van der Waals surface area contributed by atoms with Gasteiger partial charge in [-0.1, -0.05) is 81.4 Å². The van der Waals surface area contributed by atoms with Crippen LogP contribution in [-0.4, -0.2) is 56.9 Å². The first-order valence-corrected chi connectivity index (χ1v) is 18.3. The van der Waals surface area contributed by atoms with Crippen molar-refractivity contribution in [2.45, 2.75) is 84.2 Å². The summed E-state index contributed by atoms with van der Waals surface area (Å²) in [6.07, 6.45) is 4.24. The maximum atomic E-state index is 14.0. The molecule has 0 radical (unpaired) electrons. The summed E-state index contributed by atoms with van der Waals surface area (Å²) in [5.74, 6) is 2.57. The van der Waals surface area contributed by atoms with Crippen molar-refractivity contribution in [1.29, 1.82) is 0 Å². The molecule has 0 unspecified atom stereocenters. The van der Waals surface area contributed by atoms with E-state index in [4.69, 9.17) is 18.9 Å². The van der Waals surface area contributed by atoms with E-state index in [0.29, 0.717) is 24.4 Å². The highest BCUT2D eigenvalue weighted by Gasteiger charge is 2.60. The van der Waals surface area contributed by atoms with Crippen LogP contribution >= 0.6 is 0 Å². The third kappa shape index (κ3) is 7.65. The molecule has 0 aliphatic heterocycles. The van der Waals surface area contributed by atoms with Crippen molar-refractivity contribution in [3.8, 4) is 11.5 Å². The molecule has 1 amide bonds. The number of nitrogens with one attached hydrogen (secondary N) is 1. The fourth-order valence-electron chi connectivity index (χ4n) is 9.18. The molecule has 3 aromatic carbocycles. The summed E-state index contributed by atoms with van der Waals surface area (Å²) >= 11 is 0. The van der Waals surface area contributed by atoms with Crippen LogP contribution in [0.2, 0.25) is 0 Å². The molecule has 3 aromatic rings. The van der Waals surface area contributed by atoms with Crippen LogP contribution in [-0.2, 0) is 33.9 Å². The smallest absolute Gasteiger partial charge is 0.408 e. The summed E-state index contributed by atoms with van der Waals surface area (Å²) in [6.45, 7) is 7.68. The highest BCUT2D eigenvalue weighted by Crippen LogP contribution is 2.63. The lowest BCUT2D eigenvalue weighted by Crippen LogP contribution is -2.51. The second-order valence-electron chi connectivity index (χ2n) is 15.5. The summed E-state index contributed by atoms with van der Waals surface area (Å²) in [7, 11) is 5.90. The van der Waals surface area contributed by atoms with Gasteiger partial charge in [0.1, 0.15) is 25.4 Å². The first-order chi connectivity index (χ1) is 24.1. The summed E-state index contributed by atoms with van der Waals surface area (Å²) in [5.41, 5.74) is 4.59. The van der Waals surface area contributed by atoms with Gasteiger partial charge in [0.2, 0.25) is 0 Å². The van der Waals surface area contributed by atoms with Gasteiger partial charge in [-0.15, -0.1) is 0 Å². The number of ether oxygens (including phenoxy) is 4. The molecule has 3 aliphatic carbocycles. The Morgan fingerprint density at radius 3 is 2.26 bits per heavy atom. The number of methoxy groups -OCH3 is 1. The zero-order valence-corrected chi connectivity index (χ0v) is 30.5. The lowest BCUT2D eigenvalue weighted by molar-refractivity contribution is -0.164. The Kier molecular flexibility index (Phi) is 11.1. The van der Waals surface area contributed by atoms with Gasteiger partial charge in [-0.2, -0.15) is 0 Å². The second kappa shape index (κ2) is 15.5. The highest BCUT2D eigenvalue weighted by atomic mass is 16.6. The van der Waals surface area contributed by atoms with Gasteiger partial charge in [0.05, 0.1) is 7.11 Å². The number of esters is 1. The van der Waals surface area contributed by atoms with Crippen LogP contribution in [0, 0.1) is 29.1 Å². The van der Waals surface area contributed by atoms with Gasteiger partial charge >= 0.3 is 12.1 Å². The SMILES string of the molecule is COc1cc2c(cc1OCc1ccccc1)CC[C@@H]1[C@@H]2CC[C@@]2(C)[C@H]1C[C@@H](CN(C)C)[C@@H]2OC(=O)[C@H](NC(=O)OCc1ccccc1)C(C)C. The van der Waals surface area contributed by atoms with Crippen LogP contribution in [0.4, 0.5) is 4.79 Å². The average molecular weight is 683 g/mol. The summed E-state index contributed by atoms with van der Waals surface area (Å²) in [6, 6.07) is 23.4. The number of aryl methyl sites for hydroxylation is 1. The van der Waals surface area contributed by atoms with E-state index in [1.807, 2.05) is 62.4 Å². The molecule has 0 aromatic heterocycles. The minimum Gasteiger partial charge on any atom is -0.493 e. The number of alkyl carbamates (subject to hydrolysis) is 1. The lowest BCUT2D eigenvalue weighted by atomic mass is 9.55. The normalized spacial score (nSPS) is 26.0. The fourth-order valence-corrected chi connectivity index (χ4v) is 9.18. The summed E-state index contributed by atoms with van der Waals surface area (Å²) in [5, 5.41) is 2.82. The number of nitrogens with zero attached hydrogens (tertiary/aromatic N) is 1. The van der Waals surface area contributed by atoms with Crippen molar-refractivity contribution >= 4 is 12.1 Å². The molecule has 50 heavy (non-hydrogen) atoms. The predicted octanol–water partition coefficient (Wildman–Crippen LogP) is 7.78. The van der Waals surface area contributed by atoms with Crippen molar-refractivity contribution in [2.24, 2.45) is 29.1 Å².